The summed E-state index contributed by atoms with van der Waals surface area (Å²) in [6.07, 6.45) is 0.158. The van der Waals surface area contributed by atoms with Gasteiger partial charge in [0.05, 0.1) is 10.6 Å². The average molecular weight is 562 g/mol. The Bertz CT molecular complexity index is 1510. The molecular weight excluding hydrogens is 531 g/mol. The normalized spacial score (nSPS) is 19.1. The fraction of sp³-hybridized carbons (Fsp3) is 0.346. The van der Waals surface area contributed by atoms with Crippen molar-refractivity contribution in [3.8, 4) is 0 Å². The maximum atomic E-state index is 13.6. The van der Waals surface area contributed by atoms with Crippen LogP contribution in [0, 0.1) is 6.92 Å². The summed E-state index contributed by atoms with van der Waals surface area (Å²) in [6.45, 7) is 5.24. The van der Waals surface area contributed by atoms with E-state index in [0.29, 0.717) is 5.56 Å². The third-order valence-corrected chi connectivity index (χ3v) is 10.4. The Balaban J connectivity index is 1.59. The third-order valence-electron chi connectivity index (χ3n) is 6.32. The molecule has 1 fully saturated rings. The zero-order valence-corrected chi connectivity index (χ0v) is 23.4. The van der Waals surface area contributed by atoms with Crippen molar-refractivity contribution in [1.82, 2.24) is 14.1 Å². The van der Waals surface area contributed by atoms with E-state index in [2.05, 4.69) is 18.1 Å². The number of hydrogen-bond acceptors (Lipinski definition) is 6. The fourth-order valence-corrected chi connectivity index (χ4v) is 8.21. The van der Waals surface area contributed by atoms with Crippen molar-refractivity contribution in [2.24, 2.45) is 0 Å². The van der Waals surface area contributed by atoms with Crippen LogP contribution in [0.5, 0.6) is 0 Å². The lowest BCUT2D eigenvalue weighted by Gasteiger charge is -2.29. The number of sulfonamides is 2. The molecule has 0 spiro atoms. The maximum Gasteiger partial charge on any atom is 0.253 e. The zero-order valence-electron chi connectivity index (χ0n) is 20.9. The van der Waals surface area contributed by atoms with Crippen molar-refractivity contribution >= 4 is 49.4 Å². The van der Waals surface area contributed by atoms with E-state index in [-0.39, 0.29) is 28.9 Å². The number of hydrazine groups is 1. The molecule has 0 unspecified atom stereocenters. The number of carbonyl (C=O) groups excluding carboxylic acids is 1. The van der Waals surface area contributed by atoms with E-state index in [1.165, 1.54) is 6.07 Å². The molecule has 4 rings (SSSR count). The first-order chi connectivity index (χ1) is 17.4. The lowest BCUT2D eigenvalue weighted by Crippen LogP contribution is -2.55. The van der Waals surface area contributed by atoms with Gasteiger partial charge in [0.1, 0.15) is 6.04 Å². The molecule has 2 atom stereocenters. The number of thiol groups is 1. The van der Waals surface area contributed by atoms with Crippen LogP contribution >= 0.6 is 12.6 Å². The molecule has 0 radical (unpaired) electrons. The molecule has 1 aliphatic heterocycles. The summed E-state index contributed by atoms with van der Waals surface area (Å²) in [5.74, 6) is -1.01. The summed E-state index contributed by atoms with van der Waals surface area (Å²) < 4.78 is 55.7. The number of nitrogens with one attached hydrogen (secondary N) is 1. The molecule has 8 nitrogen and oxygen atoms in total. The van der Waals surface area contributed by atoms with Gasteiger partial charge in [-0.25, -0.2) is 16.8 Å². The van der Waals surface area contributed by atoms with Gasteiger partial charge in [0.25, 0.3) is 5.91 Å². The Kier molecular flexibility index (Phi) is 8.01. The molecule has 0 bridgehead atoms. The molecule has 0 aliphatic carbocycles. The van der Waals surface area contributed by atoms with Gasteiger partial charge in [-0.3, -0.25) is 10.2 Å². The standard InChI is InChI=1S/C26H31N3O5S3/c1-18(2)29(36(31,32)17-20-10-8-19(3)9-11-20)27-26(30)25-15-23(35)16-28(25)37(33,34)24-13-12-21-6-4-5-7-22(21)14-24/h4-14,18,23,25,35H,15-17H2,1-3H3,(H,27,30)/t23-,25+/m1/s1. The summed E-state index contributed by atoms with van der Waals surface area (Å²) in [5.41, 5.74) is 4.09. The highest BCUT2D eigenvalue weighted by atomic mass is 32.2. The summed E-state index contributed by atoms with van der Waals surface area (Å²) in [5, 5.41) is 1.29. The summed E-state index contributed by atoms with van der Waals surface area (Å²) in [7, 11) is -7.99. The van der Waals surface area contributed by atoms with E-state index >= 15 is 0 Å². The van der Waals surface area contributed by atoms with E-state index in [1.807, 2.05) is 43.3 Å². The molecule has 0 aromatic heterocycles. The third kappa shape index (κ3) is 6.01. The van der Waals surface area contributed by atoms with Crippen LogP contribution in [-0.4, -0.2) is 55.3 Å². The van der Waals surface area contributed by atoms with Crippen molar-refractivity contribution in [3.05, 3.63) is 77.9 Å². The summed E-state index contributed by atoms with van der Waals surface area (Å²) in [4.78, 5) is 13.5. The fourth-order valence-electron chi connectivity index (χ4n) is 4.42. The number of aryl methyl sites for hydroxylation is 1. The number of fused-ring (bicyclic) bond motifs is 1. The first kappa shape index (κ1) is 27.6. The monoisotopic (exact) mass is 561 g/mol. The van der Waals surface area contributed by atoms with Crippen LogP contribution < -0.4 is 5.43 Å². The predicted octanol–water partition coefficient (Wildman–Crippen LogP) is 3.48. The SMILES string of the molecule is Cc1ccc(CS(=O)(=O)N(NC(=O)[C@@H]2C[C@@H](S)CN2S(=O)(=O)c2ccc3ccccc3c2)C(C)C)cc1. The molecule has 3 aromatic rings. The Morgan fingerprint density at radius 3 is 2.32 bits per heavy atom. The quantitative estimate of drug-likeness (QED) is 0.324. The lowest BCUT2D eigenvalue weighted by molar-refractivity contribution is -0.127. The summed E-state index contributed by atoms with van der Waals surface area (Å²) >= 11 is 4.45. The highest BCUT2D eigenvalue weighted by Crippen LogP contribution is 2.30. The highest BCUT2D eigenvalue weighted by molar-refractivity contribution is 7.89. The predicted molar refractivity (Wildman–Crippen MR) is 148 cm³/mol. The second-order valence-electron chi connectivity index (χ2n) is 9.60. The van der Waals surface area contributed by atoms with E-state index in [0.717, 1.165) is 25.1 Å². The molecule has 1 amide bonds. The topological polar surface area (TPSA) is 104 Å². The van der Waals surface area contributed by atoms with Crippen molar-refractivity contribution in [3.63, 3.8) is 0 Å². The van der Waals surface area contributed by atoms with Crippen LogP contribution in [-0.2, 0) is 30.6 Å². The first-order valence-corrected chi connectivity index (χ1v) is 15.5. The van der Waals surface area contributed by atoms with Crippen molar-refractivity contribution in [2.75, 3.05) is 6.54 Å². The van der Waals surface area contributed by atoms with Gasteiger partial charge >= 0.3 is 0 Å². The Morgan fingerprint density at radius 1 is 1.03 bits per heavy atom. The Hall–Kier alpha value is -2.44. The van der Waals surface area contributed by atoms with Crippen LogP contribution in [0.2, 0.25) is 0 Å². The molecular formula is C26H31N3O5S3. The van der Waals surface area contributed by atoms with Crippen molar-refractivity contribution < 1.29 is 21.6 Å². The minimum atomic E-state index is -4.05. The van der Waals surface area contributed by atoms with Crippen LogP contribution in [0.1, 0.15) is 31.4 Å². The van der Waals surface area contributed by atoms with Gasteiger partial charge in [-0.05, 0) is 55.7 Å². The first-order valence-electron chi connectivity index (χ1n) is 12.0. The number of amides is 1. The lowest BCUT2D eigenvalue weighted by atomic mass is 10.1. The van der Waals surface area contributed by atoms with Crippen molar-refractivity contribution in [2.45, 2.75) is 55.2 Å². The molecule has 1 saturated heterocycles. The largest absolute Gasteiger partial charge is 0.274 e. The molecule has 198 valence electrons. The van der Waals surface area contributed by atoms with Gasteiger partial charge in [-0.2, -0.15) is 16.9 Å². The van der Waals surface area contributed by atoms with Crippen LogP contribution in [0.3, 0.4) is 0 Å². The van der Waals surface area contributed by atoms with E-state index in [1.54, 1.807) is 38.1 Å². The number of carbonyl (C=O) groups is 1. The van der Waals surface area contributed by atoms with Gasteiger partial charge in [-0.1, -0.05) is 60.2 Å². The molecule has 0 saturated carbocycles. The minimum absolute atomic E-state index is 0.0359. The van der Waals surface area contributed by atoms with Crippen molar-refractivity contribution in [1.29, 1.82) is 0 Å². The van der Waals surface area contributed by atoms with Crippen LogP contribution in [0.25, 0.3) is 10.8 Å². The highest BCUT2D eigenvalue weighted by Gasteiger charge is 2.44. The molecule has 37 heavy (non-hydrogen) atoms. The maximum absolute atomic E-state index is 13.6. The Morgan fingerprint density at radius 2 is 1.68 bits per heavy atom. The van der Waals surface area contributed by atoms with E-state index in [9.17, 15) is 21.6 Å². The van der Waals surface area contributed by atoms with E-state index < -0.39 is 38.0 Å². The molecule has 11 heteroatoms. The Labute approximate surface area is 224 Å². The molecule has 1 N–H and O–H groups in total. The second kappa shape index (κ2) is 10.7. The van der Waals surface area contributed by atoms with Crippen LogP contribution in [0.4, 0.5) is 0 Å². The average Bonchev–Trinajstić information content (AvgIpc) is 3.25. The van der Waals surface area contributed by atoms with Gasteiger partial charge in [0.2, 0.25) is 20.0 Å². The summed E-state index contributed by atoms with van der Waals surface area (Å²) in [6, 6.07) is 17.7. The number of rotatable bonds is 8. The number of benzene rings is 3. The zero-order chi connectivity index (χ0) is 27.0. The smallest absolute Gasteiger partial charge is 0.253 e. The van der Waals surface area contributed by atoms with E-state index in [4.69, 9.17) is 0 Å². The van der Waals surface area contributed by atoms with Crippen LogP contribution in [0.15, 0.2) is 71.6 Å². The molecule has 1 heterocycles. The van der Waals surface area contributed by atoms with Gasteiger partial charge < -0.3 is 0 Å². The number of hydrogen-bond donors (Lipinski definition) is 2. The second-order valence-corrected chi connectivity index (χ2v) is 14.1. The van der Waals surface area contributed by atoms with Gasteiger partial charge in [-0.15, -0.1) is 4.41 Å². The van der Waals surface area contributed by atoms with Gasteiger partial charge in [0.15, 0.2) is 0 Å². The van der Waals surface area contributed by atoms with Gasteiger partial charge in [0, 0.05) is 17.8 Å². The molecule has 1 aliphatic rings. The molecule has 3 aromatic carbocycles. The number of nitrogens with zero attached hydrogens (tertiary/aromatic N) is 2. The minimum Gasteiger partial charge on any atom is -0.274 e.